The van der Waals surface area contributed by atoms with Crippen molar-refractivity contribution in [3.8, 4) is 68.7 Å². The van der Waals surface area contributed by atoms with Gasteiger partial charge in [-0.1, -0.05) is 128 Å². The van der Waals surface area contributed by atoms with Crippen LogP contribution in [-0.4, -0.2) is 53.0 Å². The monoisotopic (exact) mass is 932 g/mol. The van der Waals surface area contributed by atoms with Crippen molar-refractivity contribution < 1.29 is 23.7 Å². The first-order chi connectivity index (χ1) is 34.2. The Labute approximate surface area is 411 Å². The maximum atomic E-state index is 9.00. The van der Waals surface area contributed by atoms with Crippen molar-refractivity contribution in [1.29, 1.82) is 5.26 Å². The van der Waals surface area contributed by atoms with Gasteiger partial charge < -0.3 is 23.7 Å². The second kappa shape index (κ2) is 31.6. The van der Waals surface area contributed by atoms with E-state index in [9.17, 15) is 0 Å². The second-order valence-corrected chi connectivity index (χ2v) is 17.7. The Kier molecular flexibility index (Phi) is 23.7. The molecule has 10 heteroatoms. The van der Waals surface area contributed by atoms with E-state index >= 15 is 0 Å². The molecule has 0 radical (unpaired) electrons. The third-order valence-electron chi connectivity index (χ3n) is 12.1. The molecule has 0 unspecified atom stereocenters. The molecule has 0 bridgehead atoms. The lowest BCUT2D eigenvalue weighted by Gasteiger charge is -2.09. The molecule has 0 spiro atoms. The number of hydrogen-bond donors (Lipinski definition) is 0. The Morgan fingerprint density at radius 2 is 0.580 bits per heavy atom. The normalized spacial score (nSPS) is 11.0. The van der Waals surface area contributed by atoms with Gasteiger partial charge in [0.1, 0.15) is 17.2 Å². The highest BCUT2D eigenvalue weighted by molar-refractivity contribution is 5.65. The molecule has 10 nitrogen and oxygen atoms in total. The number of hydrogen-bond acceptors (Lipinski definition) is 10. The van der Waals surface area contributed by atoms with Crippen LogP contribution >= 0.6 is 0 Å². The highest BCUT2D eigenvalue weighted by atomic mass is 16.5. The topological polar surface area (TPSA) is 122 Å². The smallest absolute Gasteiger partial charge is 0.159 e. The molecule has 0 aliphatic carbocycles. The fourth-order valence-corrected chi connectivity index (χ4v) is 7.97. The van der Waals surface area contributed by atoms with E-state index in [0.29, 0.717) is 36.2 Å². The Morgan fingerprint density at radius 3 is 0.884 bits per heavy atom. The molecule has 6 aromatic rings. The van der Waals surface area contributed by atoms with E-state index in [1.807, 2.05) is 84.9 Å². The molecule has 0 saturated heterocycles. The van der Waals surface area contributed by atoms with Gasteiger partial charge in [0.25, 0.3) is 0 Å². The molecule has 0 fully saturated rings. The largest absolute Gasteiger partial charge is 0.494 e. The van der Waals surface area contributed by atoms with Crippen LogP contribution in [0, 0.1) is 11.3 Å². The zero-order valence-corrected chi connectivity index (χ0v) is 41.0. The maximum absolute atomic E-state index is 9.00. The molecule has 69 heavy (non-hydrogen) atoms. The number of nitriles is 1. The summed E-state index contributed by atoms with van der Waals surface area (Å²) in [7, 11) is 0. The highest BCUT2D eigenvalue weighted by Gasteiger charge is 2.07. The van der Waals surface area contributed by atoms with Gasteiger partial charge >= 0.3 is 0 Å². The van der Waals surface area contributed by atoms with Crippen LogP contribution in [0.4, 0.5) is 0 Å². The fourth-order valence-electron chi connectivity index (χ4n) is 7.97. The molecule has 364 valence electrons. The molecule has 2 aromatic heterocycles. The summed E-state index contributed by atoms with van der Waals surface area (Å²) in [4.78, 5) is 18.1. The third-order valence-corrected chi connectivity index (χ3v) is 12.1. The average molecular weight is 932 g/mol. The first-order valence-corrected chi connectivity index (χ1v) is 25.8. The molecule has 0 amide bonds. The maximum Gasteiger partial charge on any atom is 0.159 e. The van der Waals surface area contributed by atoms with E-state index in [1.165, 1.54) is 83.5 Å². The number of benzene rings is 4. The Morgan fingerprint density at radius 1 is 0.319 bits per heavy atom. The number of nitrogens with zero attached hydrogens (tertiary/aromatic N) is 5. The van der Waals surface area contributed by atoms with Gasteiger partial charge in [0.2, 0.25) is 0 Å². The quantitative estimate of drug-likeness (QED) is 0.0356. The summed E-state index contributed by atoms with van der Waals surface area (Å²) in [5, 5.41) is 9.00. The van der Waals surface area contributed by atoms with Gasteiger partial charge in [-0.3, -0.25) is 0 Å². The summed E-state index contributed by atoms with van der Waals surface area (Å²) in [6.45, 7) is 5.80. The van der Waals surface area contributed by atoms with Gasteiger partial charge in [-0.05, 0) is 116 Å². The van der Waals surface area contributed by atoms with Gasteiger partial charge in [0, 0.05) is 11.1 Å². The lowest BCUT2D eigenvalue weighted by molar-refractivity contribution is 0.298. The van der Waals surface area contributed by atoms with Crippen molar-refractivity contribution in [1.82, 2.24) is 19.9 Å². The second-order valence-electron chi connectivity index (χ2n) is 17.7. The Balaban J connectivity index is 0.708. The van der Waals surface area contributed by atoms with Gasteiger partial charge in [0.15, 0.2) is 23.1 Å². The van der Waals surface area contributed by atoms with Crippen molar-refractivity contribution in [2.24, 2.45) is 0 Å². The molecule has 0 aliphatic heterocycles. The highest BCUT2D eigenvalue weighted by Crippen LogP contribution is 2.25. The summed E-state index contributed by atoms with van der Waals surface area (Å²) in [5.74, 6) is 5.43. The van der Waals surface area contributed by atoms with Gasteiger partial charge in [-0.25, -0.2) is 19.9 Å². The number of ether oxygens (including phenoxy) is 5. The summed E-state index contributed by atoms with van der Waals surface area (Å²) in [6, 6.07) is 34.0. The van der Waals surface area contributed by atoms with Gasteiger partial charge in [0.05, 0.1) is 69.5 Å². The van der Waals surface area contributed by atoms with Crippen LogP contribution in [0.1, 0.15) is 141 Å². The lowest BCUT2D eigenvalue weighted by Crippen LogP contribution is -2.00. The average Bonchev–Trinajstić information content (AvgIpc) is 3.40. The molecule has 6 rings (SSSR count). The van der Waals surface area contributed by atoms with Crippen LogP contribution in [0.5, 0.6) is 28.7 Å². The van der Waals surface area contributed by atoms with Crippen molar-refractivity contribution in [3.63, 3.8) is 0 Å². The number of aromatic nitrogens is 4. The Hall–Kier alpha value is -6.47. The zero-order valence-electron chi connectivity index (χ0n) is 41.0. The minimum Gasteiger partial charge on any atom is -0.494 e. The minimum atomic E-state index is 0.669. The fraction of sp³-hybridized carbons (Fsp3) is 0.441. The predicted molar refractivity (Wildman–Crippen MR) is 277 cm³/mol. The van der Waals surface area contributed by atoms with Crippen LogP contribution in [0.25, 0.3) is 33.9 Å². The van der Waals surface area contributed by atoms with Crippen molar-refractivity contribution in [2.75, 3.05) is 33.0 Å². The summed E-state index contributed by atoms with van der Waals surface area (Å²) < 4.78 is 29.7. The molecule has 2 heterocycles. The minimum absolute atomic E-state index is 0.669. The zero-order chi connectivity index (χ0) is 47.8. The SMILES string of the molecule is CCCCCCCCOc1cnc(-c2ccc(OCCCCCCCCCOc3cnc(-c4ccc(OCCCCCCCCCOc5ccc(-c6ccc(C#N)cc6)cc5)cc4)nc3)cc2)nc1. The van der Waals surface area contributed by atoms with E-state index < -0.39 is 0 Å². The summed E-state index contributed by atoms with van der Waals surface area (Å²) >= 11 is 0. The van der Waals surface area contributed by atoms with Crippen LogP contribution in [0.2, 0.25) is 0 Å². The predicted octanol–water partition coefficient (Wildman–Crippen LogP) is 15.3. The van der Waals surface area contributed by atoms with E-state index in [-0.39, 0.29) is 0 Å². The van der Waals surface area contributed by atoms with Crippen molar-refractivity contribution in [2.45, 2.75) is 135 Å². The van der Waals surface area contributed by atoms with Crippen LogP contribution in [-0.2, 0) is 0 Å². The molecule has 0 saturated carbocycles. The first kappa shape index (κ1) is 51.9. The van der Waals surface area contributed by atoms with Crippen molar-refractivity contribution >= 4 is 0 Å². The van der Waals surface area contributed by atoms with E-state index in [0.717, 1.165) is 110 Å². The van der Waals surface area contributed by atoms with E-state index in [1.54, 1.807) is 24.8 Å². The molecule has 0 N–H and O–H groups in total. The van der Waals surface area contributed by atoms with E-state index in [4.69, 9.17) is 28.9 Å². The third kappa shape index (κ3) is 20.0. The first-order valence-electron chi connectivity index (χ1n) is 25.8. The number of unbranched alkanes of at least 4 members (excludes halogenated alkanes) is 17. The molecule has 0 aliphatic rings. The van der Waals surface area contributed by atoms with E-state index in [2.05, 4.69) is 45.1 Å². The molecule has 0 atom stereocenters. The number of rotatable bonds is 35. The molecular formula is C59H73N5O5. The van der Waals surface area contributed by atoms with Crippen LogP contribution in [0.3, 0.4) is 0 Å². The van der Waals surface area contributed by atoms with Crippen LogP contribution < -0.4 is 23.7 Å². The van der Waals surface area contributed by atoms with Gasteiger partial charge in [-0.15, -0.1) is 0 Å². The van der Waals surface area contributed by atoms with Crippen molar-refractivity contribution in [3.05, 3.63) is 127 Å². The van der Waals surface area contributed by atoms with Crippen LogP contribution in [0.15, 0.2) is 122 Å². The summed E-state index contributed by atoms with van der Waals surface area (Å²) in [5.41, 5.74) is 4.80. The Bertz CT molecular complexity index is 2300. The standard InChI is InChI=1S/C59H73N5O5/c1-2-3-4-5-12-20-41-68-56-44-61-58(62-45-56)51-28-34-55(35-29-51)67-40-19-15-10-7-11-16-21-42-69-57-46-63-59(64-47-57)52-30-36-54(37-31-52)66-39-18-14-9-6-8-13-17-38-65-53-32-26-50(27-33-53)49-24-22-48(43-60)23-25-49/h22-37,44-47H,2-21,38-42H2,1H3. The molecular weight excluding hydrogens is 859 g/mol. The summed E-state index contributed by atoms with van der Waals surface area (Å²) in [6.07, 6.45) is 30.6. The molecule has 4 aromatic carbocycles. The van der Waals surface area contributed by atoms with Gasteiger partial charge in [-0.2, -0.15) is 5.26 Å². The lowest BCUT2D eigenvalue weighted by atomic mass is 10.0.